The lowest BCUT2D eigenvalue weighted by Crippen LogP contribution is -2.09. The highest BCUT2D eigenvalue weighted by atomic mass is 32.1. The Kier molecular flexibility index (Phi) is 3.31. The van der Waals surface area contributed by atoms with Crippen LogP contribution in [0, 0.1) is 13.8 Å². The molecule has 5 heteroatoms. The number of aryl methyl sites for hydroxylation is 2. The highest BCUT2D eigenvalue weighted by Crippen LogP contribution is 2.23. The molecule has 0 radical (unpaired) electrons. The zero-order valence-electron chi connectivity index (χ0n) is 11.4. The first kappa shape index (κ1) is 13.3. The third-order valence-electron chi connectivity index (χ3n) is 3.46. The van der Waals surface area contributed by atoms with Gasteiger partial charge in [0.15, 0.2) is 0 Å². The molecule has 2 heterocycles. The predicted octanol–water partition coefficient (Wildman–Crippen LogP) is 3.40. The molecule has 2 aromatic heterocycles. The Hall–Kier alpha value is -1.72. The molecule has 3 aromatic rings. The van der Waals surface area contributed by atoms with Crippen LogP contribution in [0.25, 0.3) is 10.9 Å². The number of hydrogen-bond donors (Lipinski definition) is 1. The maximum atomic E-state index is 5.78. The van der Waals surface area contributed by atoms with Crippen LogP contribution in [-0.4, -0.2) is 14.5 Å². The van der Waals surface area contributed by atoms with Crippen molar-refractivity contribution in [2.75, 3.05) is 0 Å². The normalized spacial score (nSPS) is 11.1. The highest BCUT2D eigenvalue weighted by molar-refractivity contribution is 7.80. The third-order valence-corrected chi connectivity index (χ3v) is 4.74. The van der Waals surface area contributed by atoms with E-state index in [0.717, 1.165) is 33.7 Å². The summed E-state index contributed by atoms with van der Waals surface area (Å²) in [5.74, 6) is 0. The van der Waals surface area contributed by atoms with Crippen LogP contribution in [-0.2, 0) is 6.54 Å². The summed E-state index contributed by atoms with van der Waals surface area (Å²) >= 11 is 6.86. The molecule has 0 amide bonds. The molecule has 0 bridgehead atoms. The van der Waals surface area contributed by atoms with Gasteiger partial charge in [-0.1, -0.05) is 24.4 Å². The van der Waals surface area contributed by atoms with E-state index in [-0.39, 0.29) is 0 Å². The predicted molar refractivity (Wildman–Crippen MR) is 88.5 cm³/mol. The summed E-state index contributed by atoms with van der Waals surface area (Å²) in [7, 11) is 0. The number of aromatic nitrogens is 2. The van der Waals surface area contributed by atoms with Crippen LogP contribution in [0.5, 0.6) is 0 Å². The zero-order valence-corrected chi connectivity index (χ0v) is 13.0. The molecule has 3 rings (SSSR count). The van der Waals surface area contributed by atoms with E-state index in [0.29, 0.717) is 4.99 Å². The molecule has 3 nitrogen and oxygen atoms in total. The smallest absolute Gasteiger partial charge is 0.113 e. The molecule has 20 heavy (non-hydrogen) atoms. The molecule has 2 N–H and O–H groups in total. The molecule has 0 atom stereocenters. The second kappa shape index (κ2) is 5.00. The van der Waals surface area contributed by atoms with Crippen molar-refractivity contribution in [2.24, 2.45) is 5.73 Å². The summed E-state index contributed by atoms with van der Waals surface area (Å²) < 4.78 is 2.19. The van der Waals surface area contributed by atoms with Crippen molar-refractivity contribution in [3.8, 4) is 0 Å². The van der Waals surface area contributed by atoms with Gasteiger partial charge in [-0.3, -0.25) is 0 Å². The van der Waals surface area contributed by atoms with Gasteiger partial charge in [0.1, 0.15) is 10.00 Å². The Bertz CT molecular complexity index is 779. The number of hydrogen-bond acceptors (Lipinski definition) is 3. The van der Waals surface area contributed by atoms with Crippen LogP contribution in [0.15, 0.2) is 30.5 Å². The van der Waals surface area contributed by atoms with Gasteiger partial charge in [-0.15, -0.1) is 11.3 Å². The minimum absolute atomic E-state index is 0.439. The van der Waals surface area contributed by atoms with Crippen LogP contribution < -0.4 is 5.73 Å². The quantitative estimate of drug-likeness (QED) is 0.754. The summed E-state index contributed by atoms with van der Waals surface area (Å²) in [5.41, 5.74) is 8.97. The Morgan fingerprint density at radius 3 is 2.80 bits per heavy atom. The molecule has 0 unspecified atom stereocenters. The maximum Gasteiger partial charge on any atom is 0.113 e. The fourth-order valence-corrected chi connectivity index (χ4v) is 3.44. The first-order valence-electron chi connectivity index (χ1n) is 6.37. The van der Waals surface area contributed by atoms with Gasteiger partial charge in [0.2, 0.25) is 0 Å². The summed E-state index contributed by atoms with van der Waals surface area (Å²) in [6.45, 7) is 4.94. The van der Waals surface area contributed by atoms with Crippen LogP contribution in [0.2, 0.25) is 0 Å². The Morgan fingerprint density at radius 2 is 2.15 bits per heavy atom. The maximum absolute atomic E-state index is 5.78. The second-order valence-corrected chi connectivity index (χ2v) is 6.52. The average Bonchev–Trinajstić information content (AvgIpc) is 2.94. The highest BCUT2D eigenvalue weighted by Gasteiger charge is 2.09. The van der Waals surface area contributed by atoms with Crippen molar-refractivity contribution in [2.45, 2.75) is 20.4 Å². The van der Waals surface area contributed by atoms with Crippen molar-refractivity contribution in [1.82, 2.24) is 9.55 Å². The van der Waals surface area contributed by atoms with Gasteiger partial charge in [-0.05, 0) is 26.0 Å². The molecule has 0 saturated carbocycles. The summed E-state index contributed by atoms with van der Waals surface area (Å²) in [4.78, 5) is 6.31. The number of rotatable bonds is 3. The average molecular weight is 301 g/mol. The van der Waals surface area contributed by atoms with Crippen molar-refractivity contribution in [1.29, 1.82) is 0 Å². The van der Waals surface area contributed by atoms with Crippen molar-refractivity contribution in [3.05, 3.63) is 51.6 Å². The lowest BCUT2D eigenvalue weighted by atomic mass is 10.1. The molecule has 0 aliphatic rings. The molecular formula is C15H15N3S2. The topological polar surface area (TPSA) is 43.8 Å². The Morgan fingerprint density at radius 1 is 1.35 bits per heavy atom. The van der Waals surface area contributed by atoms with E-state index >= 15 is 0 Å². The molecule has 0 fully saturated rings. The summed E-state index contributed by atoms with van der Waals surface area (Å²) in [6, 6.07) is 8.11. The molecular weight excluding hydrogens is 286 g/mol. The standard InChI is InChI=1S/C15H15N3S2/c1-9-10(2)20-14(17-9)8-18-7-6-11-12(15(16)19)4-3-5-13(11)18/h3-7H,8H2,1-2H3,(H2,16,19). The van der Waals surface area contributed by atoms with Crippen LogP contribution in [0.3, 0.4) is 0 Å². The number of benzene rings is 1. The molecule has 0 aliphatic carbocycles. The largest absolute Gasteiger partial charge is 0.389 e. The lowest BCUT2D eigenvalue weighted by molar-refractivity contribution is 0.824. The number of nitrogens with two attached hydrogens (primary N) is 1. The number of fused-ring (bicyclic) bond motifs is 1. The summed E-state index contributed by atoms with van der Waals surface area (Å²) in [5, 5.41) is 2.23. The van der Waals surface area contributed by atoms with Crippen molar-refractivity contribution < 1.29 is 0 Å². The van der Waals surface area contributed by atoms with E-state index in [2.05, 4.69) is 34.8 Å². The molecule has 1 aromatic carbocycles. The van der Waals surface area contributed by atoms with E-state index in [1.54, 1.807) is 11.3 Å². The van der Waals surface area contributed by atoms with Gasteiger partial charge in [0.05, 0.1) is 12.2 Å². The monoisotopic (exact) mass is 301 g/mol. The van der Waals surface area contributed by atoms with E-state index in [9.17, 15) is 0 Å². The van der Waals surface area contributed by atoms with E-state index in [1.807, 2.05) is 19.1 Å². The molecule has 0 aliphatic heterocycles. The van der Waals surface area contributed by atoms with Crippen LogP contribution >= 0.6 is 23.6 Å². The lowest BCUT2D eigenvalue weighted by Gasteiger charge is -2.05. The third kappa shape index (κ3) is 2.23. The molecule has 102 valence electrons. The summed E-state index contributed by atoms with van der Waals surface area (Å²) in [6.07, 6.45) is 2.07. The molecule has 0 saturated heterocycles. The minimum atomic E-state index is 0.439. The van der Waals surface area contributed by atoms with Gasteiger partial charge in [0, 0.05) is 27.5 Å². The van der Waals surface area contributed by atoms with Gasteiger partial charge in [-0.2, -0.15) is 0 Å². The minimum Gasteiger partial charge on any atom is -0.389 e. The zero-order chi connectivity index (χ0) is 14.3. The van der Waals surface area contributed by atoms with E-state index < -0.39 is 0 Å². The Labute approximate surface area is 127 Å². The second-order valence-electron chi connectivity index (χ2n) is 4.80. The van der Waals surface area contributed by atoms with Gasteiger partial charge < -0.3 is 10.3 Å². The van der Waals surface area contributed by atoms with Gasteiger partial charge in [-0.25, -0.2) is 4.98 Å². The van der Waals surface area contributed by atoms with Gasteiger partial charge in [0.25, 0.3) is 0 Å². The van der Waals surface area contributed by atoms with Crippen LogP contribution in [0.1, 0.15) is 21.1 Å². The molecule has 0 spiro atoms. The van der Waals surface area contributed by atoms with Gasteiger partial charge >= 0.3 is 0 Å². The Balaban J connectivity index is 2.05. The van der Waals surface area contributed by atoms with E-state index in [1.165, 1.54) is 4.88 Å². The number of thiocarbonyl (C=S) groups is 1. The van der Waals surface area contributed by atoms with E-state index in [4.69, 9.17) is 18.0 Å². The first-order valence-corrected chi connectivity index (χ1v) is 7.59. The van der Waals surface area contributed by atoms with Crippen molar-refractivity contribution in [3.63, 3.8) is 0 Å². The van der Waals surface area contributed by atoms with Crippen LogP contribution in [0.4, 0.5) is 0 Å². The SMILES string of the molecule is Cc1nc(Cn2ccc3c(C(N)=S)cccc32)sc1C. The number of nitrogens with zero attached hydrogens (tertiary/aromatic N) is 2. The fourth-order valence-electron chi connectivity index (χ4n) is 2.33. The first-order chi connectivity index (χ1) is 9.56. The number of thiazole rings is 1. The van der Waals surface area contributed by atoms with Crippen molar-refractivity contribution >= 4 is 39.4 Å². The fraction of sp³-hybridized carbons (Fsp3) is 0.200.